The highest BCUT2D eigenvalue weighted by molar-refractivity contribution is 6.04. The number of nitrogens with zero attached hydrogens (tertiary/aromatic N) is 2. The third kappa shape index (κ3) is 7.90. The zero-order chi connectivity index (χ0) is 30.1. The lowest BCUT2D eigenvalue weighted by Crippen LogP contribution is -2.51. The number of likely N-dealkylation sites (tertiary alicyclic amines) is 1. The van der Waals surface area contributed by atoms with Crippen LogP contribution in [0.3, 0.4) is 0 Å². The first-order valence-electron chi connectivity index (χ1n) is 13.3. The van der Waals surface area contributed by atoms with Gasteiger partial charge in [-0.3, -0.25) is 30.2 Å². The number of pyridine rings is 1. The molecule has 3 atom stereocenters. The SMILES string of the molecule is CC(NC(=O)C1C[C@@H](c2ccncc2)CN1C(=O)O)C(=O)NCc1ccc(C(=N)NC(=O)OCc2ccccc2)cc1. The van der Waals surface area contributed by atoms with E-state index in [0.717, 1.165) is 21.6 Å². The molecular weight excluding hydrogens is 540 g/mol. The summed E-state index contributed by atoms with van der Waals surface area (Å²) in [5.74, 6) is -1.25. The second-order valence-corrected chi connectivity index (χ2v) is 9.87. The molecule has 4 amide bonds. The van der Waals surface area contributed by atoms with Crippen molar-refractivity contribution in [1.29, 1.82) is 5.41 Å². The number of alkyl carbamates (subject to hydrolysis) is 1. The molecular formula is C30H32N6O6. The third-order valence-electron chi connectivity index (χ3n) is 6.93. The molecule has 0 radical (unpaired) electrons. The number of nitrogens with one attached hydrogen (secondary N) is 4. The molecule has 2 heterocycles. The number of aromatic nitrogens is 1. The molecule has 218 valence electrons. The zero-order valence-corrected chi connectivity index (χ0v) is 22.9. The van der Waals surface area contributed by atoms with Gasteiger partial charge in [-0.2, -0.15) is 0 Å². The van der Waals surface area contributed by atoms with E-state index >= 15 is 0 Å². The Balaban J connectivity index is 1.23. The van der Waals surface area contributed by atoms with Gasteiger partial charge in [-0.05, 0) is 42.2 Å². The van der Waals surface area contributed by atoms with Crippen LogP contribution < -0.4 is 16.0 Å². The van der Waals surface area contributed by atoms with Crippen molar-refractivity contribution in [2.45, 2.75) is 44.5 Å². The minimum Gasteiger partial charge on any atom is -0.465 e. The normalized spacial score (nSPS) is 16.6. The van der Waals surface area contributed by atoms with Crippen molar-refractivity contribution < 1.29 is 29.0 Å². The van der Waals surface area contributed by atoms with Gasteiger partial charge in [0.2, 0.25) is 11.8 Å². The Bertz CT molecular complexity index is 1420. The summed E-state index contributed by atoms with van der Waals surface area (Å²) in [6, 6.07) is 17.6. The van der Waals surface area contributed by atoms with Crippen molar-refractivity contribution >= 4 is 29.8 Å². The van der Waals surface area contributed by atoms with E-state index in [1.807, 2.05) is 30.3 Å². The number of benzene rings is 2. The van der Waals surface area contributed by atoms with Crippen molar-refractivity contribution in [2.75, 3.05) is 6.54 Å². The quantitative estimate of drug-likeness (QED) is 0.194. The van der Waals surface area contributed by atoms with Crippen molar-refractivity contribution in [1.82, 2.24) is 25.8 Å². The Morgan fingerprint density at radius 3 is 2.38 bits per heavy atom. The summed E-state index contributed by atoms with van der Waals surface area (Å²) in [6.07, 6.45) is 1.61. The Kier molecular flexibility index (Phi) is 9.82. The monoisotopic (exact) mass is 572 g/mol. The van der Waals surface area contributed by atoms with Crippen LogP contribution in [0, 0.1) is 5.41 Å². The molecule has 0 bridgehead atoms. The van der Waals surface area contributed by atoms with Crippen LogP contribution in [0.25, 0.3) is 0 Å². The smallest absolute Gasteiger partial charge is 0.413 e. The number of amidine groups is 1. The van der Waals surface area contributed by atoms with Gasteiger partial charge in [-0.1, -0.05) is 54.6 Å². The van der Waals surface area contributed by atoms with Crippen LogP contribution in [0.15, 0.2) is 79.1 Å². The maximum Gasteiger partial charge on any atom is 0.413 e. The zero-order valence-electron chi connectivity index (χ0n) is 22.9. The third-order valence-corrected chi connectivity index (χ3v) is 6.93. The fraction of sp³-hybridized carbons (Fsp3) is 0.267. The molecule has 2 unspecified atom stereocenters. The highest BCUT2D eigenvalue weighted by Crippen LogP contribution is 2.31. The minimum absolute atomic E-state index is 0.0854. The molecule has 42 heavy (non-hydrogen) atoms. The van der Waals surface area contributed by atoms with Gasteiger partial charge >= 0.3 is 12.2 Å². The summed E-state index contributed by atoms with van der Waals surface area (Å²) in [4.78, 5) is 54.5. The Hall–Kier alpha value is -5.26. The van der Waals surface area contributed by atoms with E-state index in [1.165, 1.54) is 6.92 Å². The average Bonchev–Trinajstić information content (AvgIpc) is 3.46. The maximum absolute atomic E-state index is 12.9. The Morgan fingerprint density at radius 2 is 1.71 bits per heavy atom. The van der Waals surface area contributed by atoms with Crippen LogP contribution in [-0.4, -0.2) is 63.5 Å². The molecule has 1 aromatic heterocycles. The van der Waals surface area contributed by atoms with Gasteiger partial charge < -0.3 is 20.5 Å². The summed E-state index contributed by atoms with van der Waals surface area (Å²) in [7, 11) is 0. The fourth-order valence-electron chi connectivity index (χ4n) is 4.61. The Labute approximate surface area is 242 Å². The number of hydrogen-bond acceptors (Lipinski definition) is 7. The predicted octanol–water partition coefficient (Wildman–Crippen LogP) is 2.99. The molecule has 12 nitrogen and oxygen atoms in total. The van der Waals surface area contributed by atoms with Crippen LogP contribution in [0.4, 0.5) is 9.59 Å². The summed E-state index contributed by atoms with van der Waals surface area (Å²) < 4.78 is 5.13. The predicted molar refractivity (Wildman–Crippen MR) is 153 cm³/mol. The molecule has 0 saturated carbocycles. The molecule has 3 aromatic rings. The molecule has 1 aliphatic rings. The van der Waals surface area contributed by atoms with Crippen molar-refractivity contribution in [3.63, 3.8) is 0 Å². The Morgan fingerprint density at radius 1 is 1.02 bits per heavy atom. The van der Waals surface area contributed by atoms with E-state index in [-0.39, 0.29) is 31.4 Å². The van der Waals surface area contributed by atoms with Crippen molar-refractivity contribution in [3.05, 3.63) is 101 Å². The van der Waals surface area contributed by atoms with Gasteiger partial charge in [0.05, 0.1) is 0 Å². The van der Waals surface area contributed by atoms with Crippen LogP contribution in [0.2, 0.25) is 0 Å². The lowest BCUT2D eigenvalue weighted by Gasteiger charge is -2.22. The number of carboxylic acid groups (broad SMARTS) is 1. The van der Waals surface area contributed by atoms with Gasteiger partial charge in [0.15, 0.2) is 0 Å². The van der Waals surface area contributed by atoms with Crippen LogP contribution >= 0.6 is 0 Å². The number of carbonyl (C=O) groups excluding carboxylic acids is 3. The molecule has 2 aromatic carbocycles. The minimum atomic E-state index is -1.19. The van der Waals surface area contributed by atoms with E-state index < -0.39 is 36.1 Å². The number of carbonyl (C=O) groups is 4. The lowest BCUT2D eigenvalue weighted by atomic mass is 9.97. The van der Waals surface area contributed by atoms with E-state index in [9.17, 15) is 24.3 Å². The summed E-state index contributed by atoms with van der Waals surface area (Å²) in [5, 5.41) is 25.5. The van der Waals surface area contributed by atoms with Gasteiger partial charge in [-0.25, -0.2) is 9.59 Å². The summed E-state index contributed by atoms with van der Waals surface area (Å²) >= 11 is 0. The van der Waals surface area contributed by atoms with Crippen LogP contribution in [0.5, 0.6) is 0 Å². The lowest BCUT2D eigenvalue weighted by molar-refractivity contribution is -0.130. The standard InChI is InChI=1S/C30H32N6O6/c1-19(34-28(38)25-15-24(17-36(25)30(40)41)22-11-13-32-14-12-22)27(37)33-16-20-7-9-23(10-8-20)26(31)35-29(39)42-18-21-5-3-2-4-6-21/h2-14,19,24-25H,15-18H2,1H3,(H,33,37)(H,34,38)(H,40,41)(H2,31,35,39)/t19?,24-,25?/m1/s1. The first kappa shape index (κ1) is 29.7. The largest absolute Gasteiger partial charge is 0.465 e. The number of amides is 4. The second kappa shape index (κ2) is 13.9. The maximum atomic E-state index is 12.9. The van der Waals surface area contributed by atoms with Crippen LogP contribution in [0.1, 0.15) is 41.5 Å². The molecule has 12 heteroatoms. The number of rotatable bonds is 9. The summed E-state index contributed by atoms with van der Waals surface area (Å²) in [5.41, 5.74) is 2.91. The van der Waals surface area contributed by atoms with E-state index in [1.54, 1.807) is 48.8 Å². The molecule has 1 fully saturated rings. The highest BCUT2D eigenvalue weighted by atomic mass is 16.5. The van der Waals surface area contributed by atoms with E-state index in [0.29, 0.717) is 12.0 Å². The molecule has 1 saturated heterocycles. The number of ether oxygens (including phenoxy) is 1. The van der Waals surface area contributed by atoms with Crippen molar-refractivity contribution in [3.8, 4) is 0 Å². The van der Waals surface area contributed by atoms with Gasteiger partial charge in [0.1, 0.15) is 24.5 Å². The number of hydrogen-bond donors (Lipinski definition) is 5. The first-order chi connectivity index (χ1) is 20.2. The molecule has 5 N–H and O–H groups in total. The van der Waals surface area contributed by atoms with E-state index in [4.69, 9.17) is 10.1 Å². The average molecular weight is 573 g/mol. The highest BCUT2D eigenvalue weighted by Gasteiger charge is 2.40. The van der Waals surface area contributed by atoms with Gasteiger partial charge in [-0.15, -0.1) is 0 Å². The summed E-state index contributed by atoms with van der Waals surface area (Å²) in [6.45, 7) is 1.95. The molecule has 1 aliphatic heterocycles. The molecule has 0 aliphatic carbocycles. The van der Waals surface area contributed by atoms with Crippen molar-refractivity contribution in [2.24, 2.45) is 0 Å². The van der Waals surface area contributed by atoms with Gasteiger partial charge in [0.25, 0.3) is 0 Å². The van der Waals surface area contributed by atoms with Crippen LogP contribution in [-0.2, 0) is 27.5 Å². The molecule has 0 spiro atoms. The molecule has 4 rings (SSSR count). The fourth-order valence-corrected chi connectivity index (χ4v) is 4.61. The van der Waals surface area contributed by atoms with E-state index in [2.05, 4.69) is 20.9 Å². The topological polar surface area (TPSA) is 174 Å². The second-order valence-electron chi connectivity index (χ2n) is 9.87. The first-order valence-corrected chi connectivity index (χ1v) is 13.3. The van der Waals surface area contributed by atoms with Gasteiger partial charge in [0, 0.05) is 37.0 Å².